The molecule has 0 unspecified atom stereocenters. The van der Waals surface area contributed by atoms with Crippen molar-refractivity contribution in [3.63, 3.8) is 0 Å². The molecule has 0 bridgehead atoms. The highest BCUT2D eigenvalue weighted by Gasteiger charge is 2.17. The highest BCUT2D eigenvalue weighted by molar-refractivity contribution is 5.92. The minimum atomic E-state index is -0.377. The molecular weight excluding hydrogens is 327 g/mol. The van der Waals surface area contributed by atoms with E-state index in [0.29, 0.717) is 23.1 Å². The van der Waals surface area contributed by atoms with Crippen LogP contribution in [-0.4, -0.2) is 31.3 Å². The molecule has 3 N–H and O–H groups in total. The number of ether oxygens (including phenoxy) is 1. The Morgan fingerprint density at radius 3 is 2.88 bits per heavy atom. The van der Waals surface area contributed by atoms with Gasteiger partial charge in [-0.05, 0) is 32.0 Å². The van der Waals surface area contributed by atoms with Gasteiger partial charge in [0.1, 0.15) is 29.7 Å². The Labute approximate surface area is 142 Å². The molecule has 0 aliphatic carbocycles. The molecule has 3 rings (SSSR count). The highest BCUT2D eigenvalue weighted by Crippen LogP contribution is 2.14. The lowest BCUT2D eigenvalue weighted by molar-refractivity contribution is 0.0933. The first-order valence-electron chi connectivity index (χ1n) is 7.63. The molecule has 0 saturated carbocycles. The summed E-state index contributed by atoms with van der Waals surface area (Å²) in [4.78, 5) is 16.4. The maximum atomic E-state index is 13.1. The zero-order valence-corrected chi connectivity index (χ0v) is 13.7. The van der Waals surface area contributed by atoms with E-state index >= 15 is 0 Å². The first-order valence-corrected chi connectivity index (χ1v) is 7.63. The van der Waals surface area contributed by atoms with E-state index < -0.39 is 0 Å². The Morgan fingerprint density at radius 1 is 1.32 bits per heavy atom. The Kier molecular flexibility index (Phi) is 4.73. The molecule has 1 aromatic carbocycles. The van der Waals surface area contributed by atoms with Crippen molar-refractivity contribution in [2.75, 3.05) is 0 Å². The Bertz CT molecular complexity index is 875. The van der Waals surface area contributed by atoms with Crippen molar-refractivity contribution >= 4 is 5.91 Å². The van der Waals surface area contributed by atoms with Crippen molar-refractivity contribution in [2.45, 2.75) is 26.5 Å². The third-order valence-corrected chi connectivity index (χ3v) is 3.40. The molecule has 0 spiro atoms. The largest absolute Gasteiger partial charge is 0.487 e. The van der Waals surface area contributed by atoms with Crippen LogP contribution in [0.3, 0.4) is 0 Å². The van der Waals surface area contributed by atoms with Crippen LogP contribution in [0.25, 0.3) is 0 Å². The molecule has 8 nitrogen and oxygen atoms in total. The van der Waals surface area contributed by atoms with Gasteiger partial charge in [-0.3, -0.25) is 15.0 Å². The Hall–Kier alpha value is -3.23. The molecule has 2 aromatic heterocycles. The van der Waals surface area contributed by atoms with Gasteiger partial charge in [-0.25, -0.2) is 9.37 Å². The monoisotopic (exact) mass is 344 g/mol. The quantitative estimate of drug-likeness (QED) is 0.634. The van der Waals surface area contributed by atoms with Crippen LogP contribution in [-0.2, 0) is 6.61 Å². The Morgan fingerprint density at radius 2 is 2.16 bits per heavy atom. The van der Waals surface area contributed by atoms with Crippen molar-refractivity contribution in [1.82, 2.24) is 30.7 Å². The van der Waals surface area contributed by atoms with Crippen LogP contribution >= 0.6 is 0 Å². The normalized spacial score (nSPS) is 12.0. The van der Waals surface area contributed by atoms with Gasteiger partial charge < -0.3 is 10.1 Å². The fourth-order valence-corrected chi connectivity index (χ4v) is 2.16. The standard InChI is InChI=1S/C16H17FN6O2/c1-9(15-19-10(2)20-23-15)18-16(24)14-7-12(21-22-14)8-25-13-5-3-4-11(17)6-13/h3-7,9H,8H2,1-2H3,(H,18,24)(H,21,22)(H,19,20,23)/t9-/m1/s1. The smallest absolute Gasteiger partial charge is 0.272 e. The summed E-state index contributed by atoms with van der Waals surface area (Å²) in [5.74, 6) is 0.833. The van der Waals surface area contributed by atoms with Crippen molar-refractivity contribution in [1.29, 1.82) is 0 Å². The van der Waals surface area contributed by atoms with Gasteiger partial charge in [0.2, 0.25) is 0 Å². The average molecular weight is 344 g/mol. The number of benzene rings is 1. The lowest BCUT2D eigenvalue weighted by Gasteiger charge is -2.08. The molecule has 25 heavy (non-hydrogen) atoms. The number of aryl methyl sites for hydroxylation is 1. The summed E-state index contributed by atoms with van der Waals surface area (Å²) in [5.41, 5.74) is 0.813. The van der Waals surface area contributed by atoms with Gasteiger partial charge in [0.05, 0.1) is 11.7 Å². The summed E-state index contributed by atoms with van der Waals surface area (Å²) in [6.07, 6.45) is 0. The highest BCUT2D eigenvalue weighted by atomic mass is 19.1. The van der Waals surface area contributed by atoms with E-state index in [-0.39, 0.29) is 30.1 Å². The third-order valence-electron chi connectivity index (χ3n) is 3.40. The zero-order chi connectivity index (χ0) is 17.8. The molecule has 2 heterocycles. The molecular formula is C16H17FN6O2. The number of amides is 1. The molecule has 3 aromatic rings. The van der Waals surface area contributed by atoms with Crippen LogP contribution in [0.1, 0.15) is 40.8 Å². The maximum absolute atomic E-state index is 13.1. The van der Waals surface area contributed by atoms with Crippen LogP contribution in [0, 0.1) is 12.7 Å². The fourth-order valence-electron chi connectivity index (χ4n) is 2.16. The summed E-state index contributed by atoms with van der Waals surface area (Å²) >= 11 is 0. The number of carbonyl (C=O) groups excluding carboxylic acids is 1. The SMILES string of the molecule is Cc1nc([C@@H](C)NC(=O)c2cc(COc3cccc(F)c3)[nH]n2)n[nH]1. The lowest BCUT2D eigenvalue weighted by Crippen LogP contribution is -2.27. The number of carbonyl (C=O) groups is 1. The van der Waals surface area contributed by atoms with Gasteiger partial charge in [-0.15, -0.1) is 0 Å². The van der Waals surface area contributed by atoms with E-state index in [2.05, 4.69) is 30.7 Å². The molecule has 0 aliphatic heterocycles. The van der Waals surface area contributed by atoms with Crippen molar-refractivity contribution in [3.05, 3.63) is 59.2 Å². The van der Waals surface area contributed by atoms with Gasteiger partial charge in [-0.1, -0.05) is 6.07 Å². The second kappa shape index (κ2) is 7.12. The van der Waals surface area contributed by atoms with Gasteiger partial charge >= 0.3 is 0 Å². The van der Waals surface area contributed by atoms with Gasteiger partial charge in [0, 0.05) is 6.07 Å². The molecule has 1 amide bonds. The summed E-state index contributed by atoms with van der Waals surface area (Å²) in [6.45, 7) is 3.70. The molecule has 1 atom stereocenters. The summed E-state index contributed by atoms with van der Waals surface area (Å²) < 4.78 is 18.6. The molecule has 130 valence electrons. The number of nitrogens with zero attached hydrogens (tertiary/aromatic N) is 3. The second-order valence-electron chi connectivity index (χ2n) is 5.50. The minimum absolute atomic E-state index is 0.138. The van der Waals surface area contributed by atoms with E-state index in [1.165, 1.54) is 12.1 Å². The average Bonchev–Trinajstić information content (AvgIpc) is 3.22. The van der Waals surface area contributed by atoms with Crippen LogP contribution in [0.2, 0.25) is 0 Å². The maximum Gasteiger partial charge on any atom is 0.272 e. The van der Waals surface area contributed by atoms with Crippen LogP contribution < -0.4 is 10.1 Å². The third kappa shape index (κ3) is 4.19. The predicted octanol–water partition coefficient (Wildman–Crippen LogP) is 2.05. The zero-order valence-electron chi connectivity index (χ0n) is 13.7. The molecule has 0 saturated heterocycles. The van der Waals surface area contributed by atoms with E-state index in [4.69, 9.17) is 4.74 Å². The summed E-state index contributed by atoms with van der Waals surface area (Å²) in [7, 11) is 0. The van der Waals surface area contributed by atoms with Crippen molar-refractivity contribution < 1.29 is 13.9 Å². The summed E-state index contributed by atoms with van der Waals surface area (Å²) in [6, 6.07) is 7.04. The molecule has 0 aliphatic rings. The lowest BCUT2D eigenvalue weighted by atomic mass is 10.3. The number of hydrogen-bond donors (Lipinski definition) is 3. The first-order chi connectivity index (χ1) is 12.0. The number of nitrogens with one attached hydrogen (secondary N) is 3. The molecule has 0 radical (unpaired) electrons. The van der Waals surface area contributed by atoms with Crippen molar-refractivity contribution in [2.24, 2.45) is 0 Å². The van der Waals surface area contributed by atoms with Crippen molar-refractivity contribution in [3.8, 4) is 5.75 Å². The van der Waals surface area contributed by atoms with Gasteiger partial charge in [0.15, 0.2) is 5.82 Å². The van der Waals surface area contributed by atoms with Gasteiger partial charge in [0.25, 0.3) is 5.91 Å². The fraction of sp³-hybridized carbons (Fsp3) is 0.250. The first kappa shape index (κ1) is 16.6. The number of hydrogen-bond acceptors (Lipinski definition) is 5. The molecule has 9 heteroatoms. The van der Waals surface area contributed by atoms with Gasteiger partial charge in [-0.2, -0.15) is 10.2 Å². The number of H-pyrrole nitrogens is 2. The van der Waals surface area contributed by atoms with E-state index in [0.717, 1.165) is 0 Å². The number of aromatic amines is 2. The number of rotatable bonds is 6. The summed E-state index contributed by atoms with van der Waals surface area (Å²) in [5, 5.41) is 16.2. The molecule has 0 fully saturated rings. The van der Waals surface area contributed by atoms with E-state index in [1.807, 2.05) is 0 Å². The Balaban J connectivity index is 1.57. The van der Waals surface area contributed by atoms with E-state index in [1.54, 1.807) is 32.0 Å². The van der Waals surface area contributed by atoms with Crippen LogP contribution in [0.15, 0.2) is 30.3 Å². The minimum Gasteiger partial charge on any atom is -0.487 e. The number of aromatic nitrogens is 5. The van der Waals surface area contributed by atoms with Crippen LogP contribution in [0.5, 0.6) is 5.75 Å². The predicted molar refractivity (Wildman–Crippen MR) is 86.3 cm³/mol. The topological polar surface area (TPSA) is 109 Å². The van der Waals surface area contributed by atoms with E-state index in [9.17, 15) is 9.18 Å². The number of halogens is 1. The second-order valence-corrected chi connectivity index (χ2v) is 5.50. The van der Waals surface area contributed by atoms with Crippen LogP contribution in [0.4, 0.5) is 4.39 Å².